The van der Waals surface area contributed by atoms with E-state index >= 15 is 4.39 Å². The SMILES string of the molecule is CC1(C)CC(=O)C2=C(C1)Nc1ccccc1N(CC(=O)NCCc1cccs1)C2c1ccc(F)c(Oc2ccccc2)c1. The first kappa shape index (κ1) is 28.7. The van der Waals surface area contributed by atoms with Crippen molar-refractivity contribution in [3.63, 3.8) is 0 Å². The van der Waals surface area contributed by atoms with Crippen LogP contribution >= 0.6 is 11.3 Å². The Morgan fingerprint density at radius 3 is 2.63 bits per heavy atom. The van der Waals surface area contributed by atoms with Gasteiger partial charge in [-0.05, 0) is 71.7 Å². The third-order valence-electron chi connectivity index (χ3n) is 7.83. The third kappa shape index (κ3) is 6.34. The van der Waals surface area contributed by atoms with Crippen molar-refractivity contribution in [3.05, 3.63) is 118 Å². The number of carbonyl (C=O) groups is 2. The van der Waals surface area contributed by atoms with E-state index in [0.29, 0.717) is 36.3 Å². The van der Waals surface area contributed by atoms with Gasteiger partial charge in [-0.15, -0.1) is 11.3 Å². The monoisotopic (exact) mass is 595 g/mol. The lowest BCUT2D eigenvalue weighted by atomic mass is 9.73. The molecule has 1 amide bonds. The molecule has 0 saturated heterocycles. The molecule has 6 rings (SSSR count). The number of allylic oxidation sites excluding steroid dienone is 1. The molecule has 1 aliphatic heterocycles. The fourth-order valence-electron chi connectivity index (χ4n) is 5.95. The van der Waals surface area contributed by atoms with E-state index in [1.54, 1.807) is 35.6 Å². The molecular weight excluding hydrogens is 561 g/mol. The lowest BCUT2D eigenvalue weighted by molar-refractivity contribution is -0.120. The summed E-state index contributed by atoms with van der Waals surface area (Å²) in [6, 6.07) is 24.9. The zero-order valence-corrected chi connectivity index (χ0v) is 25.0. The quantitative estimate of drug-likeness (QED) is 0.219. The number of rotatable bonds is 8. The molecule has 1 unspecified atom stereocenters. The molecule has 43 heavy (non-hydrogen) atoms. The van der Waals surface area contributed by atoms with E-state index in [2.05, 4.69) is 30.5 Å². The average molecular weight is 596 g/mol. The average Bonchev–Trinajstić information content (AvgIpc) is 3.45. The minimum atomic E-state index is -0.642. The van der Waals surface area contributed by atoms with Gasteiger partial charge in [0.15, 0.2) is 17.3 Å². The second-order valence-electron chi connectivity index (χ2n) is 11.8. The Hall–Kier alpha value is -4.43. The van der Waals surface area contributed by atoms with E-state index in [4.69, 9.17) is 4.74 Å². The fourth-order valence-corrected chi connectivity index (χ4v) is 6.66. The Kier molecular flexibility index (Phi) is 8.04. The van der Waals surface area contributed by atoms with Crippen molar-refractivity contribution in [1.82, 2.24) is 5.32 Å². The van der Waals surface area contributed by atoms with Crippen molar-refractivity contribution in [2.75, 3.05) is 23.3 Å². The Morgan fingerprint density at radius 2 is 1.84 bits per heavy atom. The zero-order valence-electron chi connectivity index (χ0n) is 24.2. The summed E-state index contributed by atoms with van der Waals surface area (Å²) in [6.07, 6.45) is 1.77. The van der Waals surface area contributed by atoms with Crippen LogP contribution in [0.3, 0.4) is 0 Å². The maximum absolute atomic E-state index is 15.1. The molecule has 8 heteroatoms. The highest BCUT2D eigenvalue weighted by Crippen LogP contribution is 2.48. The number of para-hydroxylation sites is 3. The maximum Gasteiger partial charge on any atom is 0.239 e. The Morgan fingerprint density at radius 1 is 1.05 bits per heavy atom. The molecule has 0 spiro atoms. The molecule has 4 aromatic rings. The van der Waals surface area contributed by atoms with Gasteiger partial charge >= 0.3 is 0 Å². The molecule has 0 saturated carbocycles. The van der Waals surface area contributed by atoms with Gasteiger partial charge in [0.25, 0.3) is 0 Å². The predicted molar refractivity (Wildman–Crippen MR) is 169 cm³/mol. The highest BCUT2D eigenvalue weighted by Gasteiger charge is 2.42. The van der Waals surface area contributed by atoms with E-state index < -0.39 is 11.9 Å². The number of halogens is 1. The Bertz CT molecular complexity index is 1670. The van der Waals surface area contributed by atoms with Crippen molar-refractivity contribution in [2.45, 2.75) is 39.2 Å². The van der Waals surface area contributed by atoms with E-state index in [9.17, 15) is 9.59 Å². The molecule has 1 aromatic heterocycles. The summed E-state index contributed by atoms with van der Waals surface area (Å²) in [6.45, 7) is 4.69. The number of benzene rings is 3. The minimum absolute atomic E-state index is 0.00745. The number of ether oxygens (including phenoxy) is 1. The molecule has 220 valence electrons. The number of amides is 1. The second-order valence-corrected chi connectivity index (χ2v) is 12.8. The molecule has 0 bridgehead atoms. The van der Waals surface area contributed by atoms with Gasteiger partial charge in [0.1, 0.15) is 5.75 Å². The predicted octanol–water partition coefficient (Wildman–Crippen LogP) is 7.65. The van der Waals surface area contributed by atoms with Gasteiger partial charge in [-0.25, -0.2) is 4.39 Å². The molecule has 6 nitrogen and oxygen atoms in total. The number of thiophene rings is 1. The highest BCUT2D eigenvalue weighted by molar-refractivity contribution is 7.09. The van der Waals surface area contributed by atoms with Crippen LogP contribution in [-0.4, -0.2) is 24.8 Å². The largest absolute Gasteiger partial charge is 0.454 e. The summed E-state index contributed by atoms with van der Waals surface area (Å²) in [4.78, 5) is 30.6. The van der Waals surface area contributed by atoms with Crippen LogP contribution in [0.1, 0.15) is 43.2 Å². The first-order chi connectivity index (χ1) is 20.8. The maximum atomic E-state index is 15.1. The lowest BCUT2D eigenvalue weighted by Gasteiger charge is -2.38. The van der Waals surface area contributed by atoms with Gasteiger partial charge in [0, 0.05) is 29.1 Å². The van der Waals surface area contributed by atoms with E-state index in [-0.39, 0.29) is 29.4 Å². The molecule has 0 fully saturated rings. The van der Waals surface area contributed by atoms with Crippen LogP contribution in [-0.2, 0) is 16.0 Å². The van der Waals surface area contributed by atoms with Crippen LogP contribution in [0.15, 0.2) is 102 Å². The number of hydrogen-bond acceptors (Lipinski definition) is 6. The molecule has 2 N–H and O–H groups in total. The van der Waals surface area contributed by atoms with Gasteiger partial charge in [-0.3, -0.25) is 9.59 Å². The minimum Gasteiger partial charge on any atom is -0.454 e. The molecule has 0 radical (unpaired) electrons. The van der Waals surface area contributed by atoms with Gasteiger partial charge in [-0.2, -0.15) is 0 Å². The van der Waals surface area contributed by atoms with Gasteiger partial charge < -0.3 is 20.3 Å². The molecular formula is C35H34FN3O3S. The summed E-state index contributed by atoms with van der Waals surface area (Å²) in [5.41, 5.74) is 3.46. The van der Waals surface area contributed by atoms with Crippen LogP contribution in [0, 0.1) is 11.2 Å². The zero-order chi connectivity index (χ0) is 30.0. The van der Waals surface area contributed by atoms with Gasteiger partial charge in [-0.1, -0.05) is 56.3 Å². The second kappa shape index (κ2) is 12.1. The van der Waals surface area contributed by atoms with E-state index in [1.165, 1.54) is 10.9 Å². The number of anilines is 2. The number of hydrogen-bond donors (Lipinski definition) is 2. The third-order valence-corrected chi connectivity index (χ3v) is 8.77. The summed E-state index contributed by atoms with van der Waals surface area (Å²) in [5, 5.41) is 8.64. The smallest absolute Gasteiger partial charge is 0.239 e. The normalized spacial score (nSPS) is 17.4. The van der Waals surface area contributed by atoms with Crippen molar-refractivity contribution in [3.8, 4) is 11.5 Å². The van der Waals surface area contributed by atoms with Gasteiger partial charge in [0.05, 0.1) is 24.0 Å². The summed E-state index contributed by atoms with van der Waals surface area (Å²) < 4.78 is 21.1. The number of carbonyl (C=O) groups excluding carboxylic acids is 2. The van der Waals surface area contributed by atoms with Crippen molar-refractivity contribution in [2.24, 2.45) is 5.41 Å². The standard InChI is InChI=1S/C35H34FN3O3S/c1-35(2)20-28-33(30(40)21-35)34(23-14-15-26(36)31(19-23)42-24-9-4-3-5-10-24)39(29-13-7-6-12-27(29)38-28)22-32(41)37-17-16-25-11-8-18-43-25/h3-15,18-19,34,38H,16-17,20-22H2,1-2H3,(H,37,41). The van der Waals surface area contributed by atoms with E-state index in [0.717, 1.165) is 23.5 Å². The first-order valence-electron chi connectivity index (χ1n) is 14.5. The molecule has 1 atom stereocenters. The summed E-state index contributed by atoms with van der Waals surface area (Å²) in [5.74, 6) is -0.103. The number of fused-ring (bicyclic) bond motifs is 1. The van der Waals surface area contributed by atoms with Crippen molar-refractivity contribution in [1.29, 1.82) is 0 Å². The number of ketones is 1. The van der Waals surface area contributed by atoms with Crippen LogP contribution < -0.4 is 20.3 Å². The van der Waals surface area contributed by atoms with Crippen LogP contribution in [0.2, 0.25) is 0 Å². The van der Waals surface area contributed by atoms with Crippen LogP contribution in [0.25, 0.3) is 0 Å². The van der Waals surface area contributed by atoms with Gasteiger partial charge in [0.2, 0.25) is 5.91 Å². The molecule has 2 heterocycles. The highest BCUT2D eigenvalue weighted by atomic mass is 32.1. The number of Topliss-reactive ketones (excluding diaryl/α,β-unsaturated/α-hetero) is 1. The Balaban J connectivity index is 1.42. The number of nitrogens with zero attached hydrogens (tertiary/aromatic N) is 1. The summed E-state index contributed by atoms with van der Waals surface area (Å²) >= 11 is 1.66. The van der Waals surface area contributed by atoms with Crippen LogP contribution in [0.4, 0.5) is 15.8 Å². The van der Waals surface area contributed by atoms with Crippen LogP contribution in [0.5, 0.6) is 11.5 Å². The molecule has 1 aliphatic carbocycles. The number of nitrogens with one attached hydrogen (secondary N) is 2. The fraction of sp³-hybridized carbons (Fsp3) is 0.257. The van der Waals surface area contributed by atoms with Crippen molar-refractivity contribution < 1.29 is 18.7 Å². The summed E-state index contributed by atoms with van der Waals surface area (Å²) in [7, 11) is 0. The lowest BCUT2D eigenvalue weighted by Crippen LogP contribution is -2.42. The topological polar surface area (TPSA) is 70.7 Å². The van der Waals surface area contributed by atoms with E-state index in [1.807, 2.05) is 58.8 Å². The van der Waals surface area contributed by atoms with Crippen molar-refractivity contribution >= 4 is 34.4 Å². The Labute approximate surface area is 255 Å². The first-order valence-corrected chi connectivity index (χ1v) is 15.4. The molecule has 3 aromatic carbocycles. The molecule has 2 aliphatic rings.